The van der Waals surface area contributed by atoms with Crippen molar-refractivity contribution >= 4 is 58.9 Å². The molecule has 12 heteroatoms. The quantitative estimate of drug-likeness (QED) is 0.189. The summed E-state index contributed by atoms with van der Waals surface area (Å²) in [5.41, 5.74) is 1.06. The summed E-state index contributed by atoms with van der Waals surface area (Å²) in [7, 11) is -4.05. The second-order valence-corrected chi connectivity index (χ2v) is 10.7. The molecule has 1 aromatic heterocycles. The molecule has 1 fully saturated rings. The van der Waals surface area contributed by atoms with Crippen molar-refractivity contribution in [1.29, 1.82) is 0 Å². The molecule has 0 unspecified atom stereocenters. The van der Waals surface area contributed by atoms with Gasteiger partial charge in [-0.3, -0.25) is 15.1 Å². The largest absolute Gasteiger partial charge is 0.368 e. The number of pyridine rings is 1. The molecule has 33 heavy (non-hydrogen) atoms. The van der Waals surface area contributed by atoms with Gasteiger partial charge in [0.25, 0.3) is 5.69 Å². The van der Waals surface area contributed by atoms with E-state index in [2.05, 4.69) is 47.7 Å². The lowest BCUT2D eigenvalue weighted by Gasteiger charge is -2.36. The molecule has 1 saturated heterocycles. The Bertz CT molecular complexity index is 1130. The van der Waals surface area contributed by atoms with Gasteiger partial charge in [0, 0.05) is 68.3 Å². The molecule has 1 aliphatic rings. The second-order valence-electron chi connectivity index (χ2n) is 7.21. The predicted octanol–water partition coefficient (Wildman–Crippen LogP) is 3.08. The summed E-state index contributed by atoms with van der Waals surface area (Å²) >= 11 is 6.79. The zero-order valence-corrected chi connectivity index (χ0v) is 21.7. The van der Waals surface area contributed by atoms with Crippen LogP contribution in [0.15, 0.2) is 41.6 Å². The van der Waals surface area contributed by atoms with Crippen LogP contribution >= 0.6 is 31.9 Å². The molecule has 0 spiro atoms. The van der Waals surface area contributed by atoms with E-state index in [0.29, 0.717) is 42.5 Å². The number of rotatable bonds is 9. The molecule has 3 rings (SSSR count). The monoisotopic (exact) mass is 599 g/mol. The molecule has 1 aromatic carbocycles. The zero-order chi connectivity index (χ0) is 24.0. The molecule has 0 bridgehead atoms. The van der Waals surface area contributed by atoms with E-state index < -0.39 is 14.9 Å². The van der Waals surface area contributed by atoms with Crippen LogP contribution in [-0.4, -0.2) is 72.6 Å². The van der Waals surface area contributed by atoms with Crippen molar-refractivity contribution in [3.63, 3.8) is 0 Å². The standard InChI is InChI=1S/C21H23Br2N5O4S/c1-2-17-14-19(28(29)30)15-20(21(17)26(8-5-22)9-6-23)33(31,32)27-12-10-25(11-13-27)18-4-3-7-24-16-18/h1,3-4,7,14-16H,5-6,8-13H2. The normalized spacial score (nSPS) is 14.6. The Balaban J connectivity index is 2.03. The predicted molar refractivity (Wildman–Crippen MR) is 136 cm³/mol. The van der Waals surface area contributed by atoms with E-state index in [1.165, 1.54) is 10.4 Å². The molecule has 2 aromatic rings. The summed E-state index contributed by atoms with van der Waals surface area (Å²) in [5, 5.41) is 12.7. The van der Waals surface area contributed by atoms with Crippen molar-refractivity contribution in [3.05, 3.63) is 52.3 Å². The minimum Gasteiger partial charge on any atom is -0.368 e. The molecule has 0 amide bonds. The Morgan fingerprint density at radius 3 is 2.36 bits per heavy atom. The molecule has 0 atom stereocenters. The van der Waals surface area contributed by atoms with Crippen molar-refractivity contribution in [2.75, 3.05) is 59.7 Å². The fourth-order valence-corrected chi connectivity index (χ4v) is 6.27. The van der Waals surface area contributed by atoms with Crippen LogP contribution in [0.3, 0.4) is 0 Å². The minimum atomic E-state index is -4.05. The summed E-state index contributed by atoms with van der Waals surface area (Å²) < 4.78 is 28.9. The Morgan fingerprint density at radius 2 is 1.85 bits per heavy atom. The molecular weight excluding hydrogens is 578 g/mol. The van der Waals surface area contributed by atoms with Crippen LogP contribution in [0.2, 0.25) is 0 Å². The van der Waals surface area contributed by atoms with Gasteiger partial charge in [-0.15, -0.1) is 6.42 Å². The van der Waals surface area contributed by atoms with E-state index in [1.807, 2.05) is 17.0 Å². The maximum Gasteiger partial charge on any atom is 0.272 e. The Kier molecular flexibility index (Phi) is 8.69. The maximum atomic E-state index is 13.8. The average Bonchev–Trinajstić information content (AvgIpc) is 2.83. The highest BCUT2D eigenvalue weighted by Gasteiger charge is 2.34. The highest BCUT2D eigenvalue weighted by molar-refractivity contribution is 9.09. The second kappa shape index (κ2) is 11.3. The van der Waals surface area contributed by atoms with E-state index >= 15 is 0 Å². The number of piperazine rings is 1. The smallest absolute Gasteiger partial charge is 0.272 e. The number of sulfonamides is 1. The Morgan fingerprint density at radius 1 is 1.18 bits per heavy atom. The molecule has 9 nitrogen and oxygen atoms in total. The summed E-state index contributed by atoms with van der Waals surface area (Å²) in [5.74, 6) is 2.46. The van der Waals surface area contributed by atoms with E-state index in [4.69, 9.17) is 6.42 Å². The number of alkyl halides is 2. The third kappa shape index (κ3) is 5.66. The van der Waals surface area contributed by atoms with Gasteiger partial charge in [-0.05, 0) is 12.1 Å². The zero-order valence-electron chi connectivity index (χ0n) is 17.7. The van der Waals surface area contributed by atoms with Crippen LogP contribution in [0.5, 0.6) is 0 Å². The minimum absolute atomic E-state index is 0.138. The number of halogens is 2. The van der Waals surface area contributed by atoms with Gasteiger partial charge in [0.15, 0.2) is 0 Å². The van der Waals surface area contributed by atoms with E-state index in [-0.39, 0.29) is 29.2 Å². The molecule has 0 radical (unpaired) electrons. The van der Waals surface area contributed by atoms with Gasteiger partial charge in [0.1, 0.15) is 4.90 Å². The van der Waals surface area contributed by atoms with Crippen molar-refractivity contribution in [2.45, 2.75) is 4.90 Å². The van der Waals surface area contributed by atoms with Gasteiger partial charge in [-0.1, -0.05) is 37.8 Å². The first-order valence-corrected chi connectivity index (χ1v) is 13.8. The van der Waals surface area contributed by atoms with E-state index in [0.717, 1.165) is 11.8 Å². The Hall–Kier alpha value is -2.20. The van der Waals surface area contributed by atoms with Crippen LogP contribution in [0.25, 0.3) is 0 Å². The summed E-state index contributed by atoms with van der Waals surface area (Å²) in [4.78, 5) is 18.8. The number of terminal acetylenes is 1. The maximum absolute atomic E-state index is 13.8. The van der Waals surface area contributed by atoms with Gasteiger partial charge < -0.3 is 9.80 Å². The highest BCUT2D eigenvalue weighted by atomic mass is 79.9. The number of nitrogens with zero attached hydrogens (tertiary/aromatic N) is 5. The van der Waals surface area contributed by atoms with Gasteiger partial charge >= 0.3 is 0 Å². The average molecular weight is 601 g/mol. The lowest BCUT2D eigenvalue weighted by atomic mass is 10.1. The van der Waals surface area contributed by atoms with Gasteiger partial charge in [-0.25, -0.2) is 8.42 Å². The van der Waals surface area contributed by atoms with Crippen molar-refractivity contribution < 1.29 is 13.3 Å². The fourth-order valence-electron chi connectivity index (χ4n) is 3.74. The van der Waals surface area contributed by atoms with E-state index in [9.17, 15) is 18.5 Å². The van der Waals surface area contributed by atoms with Gasteiger partial charge in [0.2, 0.25) is 10.0 Å². The van der Waals surface area contributed by atoms with Crippen LogP contribution < -0.4 is 9.80 Å². The third-order valence-electron chi connectivity index (χ3n) is 5.32. The van der Waals surface area contributed by atoms with Crippen molar-refractivity contribution in [1.82, 2.24) is 9.29 Å². The first-order chi connectivity index (χ1) is 15.8. The lowest BCUT2D eigenvalue weighted by molar-refractivity contribution is -0.385. The van der Waals surface area contributed by atoms with Crippen molar-refractivity contribution in [3.8, 4) is 12.3 Å². The molecule has 0 aliphatic carbocycles. The Labute approximate surface area is 210 Å². The van der Waals surface area contributed by atoms with Crippen LogP contribution in [0.4, 0.5) is 17.1 Å². The number of benzene rings is 1. The van der Waals surface area contributed by atoms with Crippen LogP contribution in [-0.2, 0) is 10.0 Å². The van der Waals surface area contributed by atoms with Gasteiger partial charge in [0.05, 0.1) is 28.1 Å². The lowest BCUT2D eigenvalue weighted by Crippen LogP contribution is -2.49. The number of anilines is 2. The number of nitro benzene ring substituents is 1. The van der Waals surface area contributed by atoms with Crippen LogP contribution in [0, 0.1) is 22.5 Å². The first kappa shape index (κ1) is 25.4. The third-order valence-corrected chi connectivity index (χ3v) is 7.94. The number of non-ortho nitro benzene ring substituents is 1. The molecule has 0 saturated carbocycles. The number of hydrogen-bond donors (Lipinski definition) is 0. The topological polar surface area (TPSA) is 99.9 Å². The first-order valence-electron chi connectivity index (χ1n) is 10.1. The van der Waals surface area contributed by atoms with E-state index in [1.54, 1.807) is 12.4 Å². The fraction of sp³-hybridized carbons (Fsp3) is 0.381. The number of hydrogen-bond acceptors (Lipinski definition) is 7. The SMILES string of the molecule is C#Cc1cc([N+](=O)[O-])cc(S(=O)(=O)N2CCN(c3cccnc3)CC2)c1N(CCBr)CCBr. The summed E-state index contributed by atoms with van der Waals surface area (Å²) in [6.45, 7) is 2.39. The summed E-state index contributed by atoms with van der Waals surface area (Å²) in [6, 6.07) is 6.13. The summed E-state index contributed by atoms with van der Waals surface area (Å²) in [6.07, 6.45) is 9.10. The van der Waals surface area contributed by atoms with Crippen molar-refractivity contribution in [2.24, 2.45) is 0 Å². The van der Waals surface area contributed by atoms with Crippen LogP contribution in [0.1, 0.15) is 5.56 Å². The molecule has 0 N–H and O–H groups in total. The number of nitro groups is 1. The van der Waals surface area contributed by atoms with Gasteiger partial charge in [-0.2, -0.15) is 4.31 Å². The number of aromatic nitrogens is 1. The highest BCUT2D eigenvalue weighted by Crippen LogP contribution is 2.36. The molecule has 2 heterocycles. The molecule has 1 aliphatic heterocycles. The molecular formula is C21H23Br2N5O4S. The molecule has 176 valence electrons.